The van der Waals surface area contributed by atoms with Crippen LogP contribution in [0.3, 0.4) is 0 Å². The predicted octanol–water partition coefficient (Wildman–Crippen LogP) is 2.24. The zero-order valence-electron chi connectivity index (χ0n) is 9.99. The second kappa shape index (κ2) is 6.92. The first kappa shape index (κ1) is 12.6. The molecule has 0 amide bonds. The average molecular weight is 217 g/mol. The van der Waals surface area contributed by atoms with Gasteiger partial charge in [-0.05, 0) is 37.6 Å². The van der Waals surface area contributed by atoms with Crippen molar-refractivity contribution in [2.45, 2.75) is 26.3 Å². The van der Waals surface area contributed by atoms with Crippen molar-refractivity contribution < 1.29 is 4.74 Å². The summed E-state index contributed by atoms with van der Waals surface area (Å²) in [6.45, 7) is 5.64. The lowest BCUT2D eigenvalue weighted by atomic mass is 10.1. The molecular formula is C14H19NO. The molecule has 0 aliphatic heterocycles. The lowest BCUT2D eigenvalue weighted by Crippen LogP contribution is -2.27. The zero-order valence-corrected chi connectivity index (χ0v) is 9.99. The van der Waals surface area contributed by atoms with Gasteiger partial charge in [0.05, 0.1) is 0 Å². The van der Waals surface area contributed by atoms with Gasteiger partial charge in [-0.25, -0.2) is 0 Å². The third-order valence-electron chi connectivity index (χ3n) is 2.34. The number of hydrogen-bond donors (Lipinski definition) is 1. The molecule has 1 aromatic carbocycles. The van der Waals surface area contributed by atoms with Crippen molar-refractivity contribution >= 4 is 0 Å². The lowest BCUT2D eigenvalue weighted by molar-refractivity contribution is 0.370. The summed E-state index contributed by atoms with van der Waals surface area (Å²) in [5, 5.41) is 3.39. The number of benzene rings is 1. The van der Waals surface area contributed by atoms with Gasteiger partial charge < -0.3 is 10.1 Å². The normalized spacial score (nSPS) is 11.8. The third kappa shape index (κ3) is 4.37. The van der Waals surface area contributed by atoms with Gasteiger partial charge in [-0.1, -0.05) is 25.0 Å². The van der Waals surface area contributed by atoms with Crippen LogP contribution >= 0.6 is 0 Å². The molecular weight excluding hydrogens is 198 g/mol. The number of nitrogens with one attached hydrogen (secondary N) is 1. The number of rotatable bonds is 6. The van der Waals surface area contributed by atoms with E-state index in [1.54, 1.807) is 0 Å². The Morgan fingerprint density at radius 2 is 2.06 bits per heavy atom. The zero-order chi connectivity index (χ0) is 11.8. The van der Waals surface area contributed by atoms with Crippen molar-refractivity contribution in [2.75, 3.05) is 13.2 Å². The Morgan fingerprint density at radius 3 is 2.62 bits per heavy atom. The summed E-state index contributed by atoms with van der Waals surface area (Å²) < 4.78 is 5.31. The largest absolute Gasteiger partial charge is 0.481 e. The standard InChI is InChI=1S/C14H19NO/c1-4-10-16-14-8-6-13(7-9-14)11-12(3)15-5-2/h1,6-9,12,15H,5,10-11H2,2-3H3. The SMILES string of the molecule is C#CCOc1ccc(CC(C)NCC)cc1. The molecule has 1 atom stereocenters. The van der Waals surface area contributed by atoms with Gasteiger partial charge in [0.25, 0.3) is 0 Å². The van der Waals surface area contributed by atoms with Gasteiger partial charge in [0, 0.05) is 6.04 Å². The Balaban J connectivity index is 2.48. The maximum atomic E-state index is 5.31. The molecule has 1 rings (SSSR count). The van der Waals surface area contributed by atoms with Crippen LogP contribution < -0.4 is 10.1 Å². The summed E-state index contributed by atoms with van der Waals surface area (Å²) in [5.41, 5.74) is 1.31. The first-order chi connectivity index (χ1) is 7.76. The van der Waals surface area contributed by atoms with Crippen molar-refractivity contribution in [1.29, 1.82) is 0 Å². The fourth-order valence-electron chi connectivity index (χ4n) is 1.62. The molecule has 2 heteroatoms. The van der Waals surface area contributed by atoms with Gasteiger partial charge in [0.2, 0.25) is 0 Å². The molecule has 0 heterocycles. The second-order valence-corrected chi connectivity index (χ2v) is 3.80. The molecule has 0 aliphatic carbocycles. The van der Waals surface area contributed by atoms with E-state index in [0.29, 0.717) is 12.6 Å². The molecule has 0 saturated carbocycles. The highest BCUT2D eigenvalue weighted by atomic mass is 16.5. The lowest BCUT2D eigenvalue weighted by Gasteiger charge is -2.12. The first-order valence-electron chi connectivity index (χ1n) is 5.64. The van der Waals surface area contributed by atoms with Crippen LogP contribution in [0.2, 0.25) is 0 Å². The Kier molecular flexibility index (Phi) is 5.45. The molecule has 2 nitrogen and oxygen atoms in total. The van der Waals surface area contributed by atoms with E-state index in [4.69, 9.17) is 11.2 Å². The van der Waals surface area contributed by atoms with Crippen LogP contribution in [0.4, 0.5) is 0 Å². The number of likely N-dealkylation sites (N-methyl/N-ethyl adjacent to an activating group) is 1. The molecule has 16 heavy (non-hydrogen) atoms. The molecule has 86 valence electrons. The maximum absolute atomic E-state index is 5.31. The topological polar surface area (TPSA) is 21.3 Å². The summed E-state index contributed by atoms with van der Waals surface area (Å²) in [6, 6.07) is 8.60. The van der Waals surface area contributed by atoms with Crippen molar-refractivity contribution in [3.8, 4) is 18.1 Å². The van der Waals surface area contributed by atoms with Gasteiger partial charge in [0.1, 0.15) is 12.4 Å². The summed E-state index contributed by atoms with van der Waals surface area (Å²) in [7, 11) is 0. The van der Waals surface area contributed by atoms with Crippen molar-refractivity contribution in [3.05, 3.63) is 29.8 Å². The molecule has 0 bridgehead atoms. The van der Waals surface area contributed by atoms with E-state index < -0.39 is 0 Å². The Bertz CT molecular complexity index is 337. The highest BCUT2D eigenvalue weighted by Crippen LogP contribution is 2.13. The van der Waals surface area contributed by atoms with Crippen LogP contribution in [0.15, 0.2) is 24.3 Å². The summed E-state index contributed by atoms with van der Waals surface area (Å²) in [4.78, 5) is 0. The van der Waals surface area contributed by atoms with Crippen molar-refractivity contribution in [2.24, 2.45) is 0 Å². The number of hydrogen-bond acceptors (Lipinski definition) is 2. The molecule has 1 unspecified atom stereocenters. The summed E-state index contributed by atoms with van der Waals surface area (Å²) in [5.74, 6) is 3.28. The van der Waals surface area contributed by atoms with Gasteiger partial charge in [0.15, 0.2) is 0 Å². The highest BCUT2D eigenvalue weighted by molar-refractivity contribution is 5.28. The molecule has 0 aromatic heterocycles. The van der Waals surface area contributed by atoms with Crippen LogP contribution in [0, 0.1) is 12.3 Å². The third-order valence-corrected chi connectivity index (χ3v) is 2.34. The van der Waals surface area contributed by atoms with Gasteiger partial charge >= 0.3 is 0 Å². The number of ether oxygens (including phenoxy) is 1. The maximum Gasteiger partial charge on any atom is 0.148 e. The van der Waals surface area contributed by atoms with E-state index in [2.05, 4.69) is 37.2 Å². The fraction of sp³-hybridized carbons (Fsp3) is 0.429. The van der Waals surface area contributed by atoms with Gasteiger partial charge in [-0.15, -0.1) is 6.42 Å². The number of terminal acetylenes is 1. The highest BCUT2D eigenvalue weighted by Gasteiger charge is 2.01. The molecule has 0 fully saturated rings. The molecule has 1 N–H and O–H groups in total. The Labute approximate surface area is 98.0 Å². The van der Waals surface area contributed by atoms with Crippen molar-refractivity contribution in [1.82, 2.24) is 5.32 Å². The Hall–Kier alpha value is -1.46. The van der Waals surface area contributed by atoms with E-state index in [0.717, 1.165) is 18.7 Å². The summed E-state index contributed by atoms with van der Waals surface area (Å²) >= 11 is 0. The monoisotopic (exact) mass is 217 g/mol. The minimum atomic E-state index is 0.327. The van der Waals surface area contributed by atoms with E-state index in [9.17, 15) is 0 Å². The molecule has 0 radical (unpaired) electrons. The fourth-order valence-corrected chi connectivity index (χ4v) is 1.62. The molecule has 1 aromatic rings. The van der Waals surface area contributed by atoms with Crippen LogP contribution in [-0.2, 0) is 6.42 Å². The van der Waals surface area contributed by atoms with Crippen LogP contribution in [0.25, 0.3) is 0 Å². The van der Waals surface area contributed by atoms with E-state index in [1.165, 1.54) is 5.56 Å². The van der Waals surface area contributed by atoms with E-state index in [-0.39, 0.29) is 0 Å². The van der Waals surface area contributed by atoms with Crippen LogP contribution in [-0.4, -0.2) is 19.2 Å². The second-order valence-electron chi connectivity index (χ2n) is 3.80. The van der Waals surface area contributed by atoms with Gasteiger partial charge in [-0.2, -0.15) is 0 Å². The van der Waals surface area contributed by atoms with E-state index in [1.807, 2.05) is 12.1 Å². The average Bonchev–Trinajstić information content (AvgIpc) is 2.28. The molecule has 0 saturated heterocycles. The minimum absolute atomic E-state index is 0.327. The van der Waals surface area contributed by atoms with Crippen LogP contribution in [0.5, 0.6) is 5.75 Å². The van der Waals surface area contributed by atoms with Crippen molar-refractivity contribution in [3.63, 3.8) is 0 Å². The van der Waals surface area contributed by atoms with Crippen LogP contribution in [0.1, 0.15) is 19.4 Å². The molecule has 0 aliphatic rings. The van der Waals surface area contributed by atoms with Gasteiger partial charge in [-0.3, -0.25) is 0 Å². The predicted molar refractivity (Wildman–Crippen MR) is 67.6 cm³/mol. The first-order valence-corrected chi connectivity index (χ1v) is 5.64. The smallest absolute Gasteiger partial charge is 0.148 e. The Morgan fingerprint density at radius 1 is 1.38 bits per heavy atom. The minimum Gasteiger partial charge on any atom is -0.481 e. The summed E-state index contributed by atoms with van der Waals surface area (Å²) in [6.07, 6.45) is 6.15. The van der Waals surface area contributed by atoms with E-state index >= 15 is 0 Å². The quantitative estimate of drug-likeness (QED) is 0.738. The molecule has 0 spiro atoms.